The normalized spacial score (nSPS) is 9.75. The van der Waals surface area contributed by atoms with E-state index in [0.29, 0.717) is 10.4 Å². The van der Waals surface area contributed by atoms with Crippen molar-refractivity contribution in [1.82, 2.24) is 4.98 Å². The Balaban J connectivity index is 2.92. The maximum absolute atomic E-state index is 8.44. The number of rotatable bonds is 1. The fourth-order valence-electron chi connectivity index (χ4n) is 0.359. The molecule has 0 radical (unpaired) electrons. The van der Waals surface area contributed by atoms with Crippen molar-refractivity contribution in [2.24, 2.45) is 0 Å². The monoisotopic (exact) mass is 177 g/mol. The van der Waals surface area contributed by atoms with Crippen molar-refractivity contribution in [2.45, 2.75) is 6.61 Å². The molecule has 0 aliphatic carbocycles. The Labute approximate surface area is 54.5 Å². The van der Waals surface area contributed by atoms with Gasteiger partial charge in [0.05, 0.1) is 0 Å². The van der Waals surface area contributed by atoms with Gasteiger partial charge in [-0.25, -0.2) is 4.98 Å². The lowest BCUT2D eigenvalue weighted by atomic mass is 10.6. The van der Waals surface area contributed by atoms with Gasteiger partial charge in [-0.05, 0) is 15.9 Å². The number of aromatic nitrogens is 1. The average molecular weight is 178 g/mol. The standard InChI is InChI=1S/C4H4BrNO2/c5-4-3(1-7)8-2-6-4/h2,7H,1H2. The minimum atomic E-state index is -0.111. The highest BCUT2D eigenvalue weighted by atomic mass is 79.9. The highest BCUT2D eigenvalue weighted by Crippen LogP contribution is 2.12. The van der Waals surface area contributed by atoms with Crippen LogP contribution in [0.1, 0.15) is 5.76 Å². The number of hydrogen-bond acceptors (Lipinski definition) is 3. The smallest absolute Gasteiger partial charge is 0.182 e. The molecule has 0 saturated carbocycles. The zero-order valence-electron chi connectivity index (χ0n) is 3.97. The quantitative estimate of drug-likeness (QED) is 0.695. The van der Waals surface area contributed by atoms with E-state index in [0.717, 1.165) is 0 Å². The van der Waals surface area contributed by atoms with Gasteiger partial charge < -0.3 is 9.52 Å². The van der Waals surface area contributed by atoms with E-state index in [2.05, 4.69) is 20.9 Å². The van der Waals surface area contributed by atoms with Crippen LogP contribution in [-0.4, -0.2) is 10.1 Å². The van der Waals surface area contributed by atoms with Crippen molar-refractivity contribution >= 4 is 15.9 Å². The van der Waals surface area contributed by atoms with E-state index in [9.17, 15) is 0 Å². The summed E-state index contributed by atoms with van der Waals surface area (Å²) in [6, 6.07) is 0. The molecule has 1 heterocycles. The molecule has 0 aliphatic heterocycles. The summed E-state index contributed by atoms with van der Waals surface area (Å²) in [4.78, 5) is 3.68. The van der Waals surface area contributed by atoms with E-state index in [1.807, 2.05) is 0 Å². The van der Waals surface area contributed by atoms with Crippen molar-refractivity contribution in [3.63, 3.8) is 0 Å². The van der Waals surface area contributed by atoms with Crippen LogP contribution < -0.4 is 0 Å². The van der Waals surface area contributed by atoms with Crippen molar-refractivity contribution in [2.75, 3.05) is 0 Å². The third-order valence-electron chi connectivity index (χ3n) is 0.735. The first-order valence-electron chi connectivity index (χ1n) is 2.03. The van der Waals surface area contributed by atoms with Crippen LogP contribution in [0.15, 0.2) is 15.4 Å². The molecule has 1 aromatic heterocycles. The molecule has 44 valence electrons. The van der Waals surface area contributed by atoms with Crippen LogP contribution in [-0.2, 0) is 6.61 Å². The number of aliphatic hydroxyl groups is 1. The van der Waals surface area contributed by atoms with E-state index in [1.165, 1.54) is 6.39 Å². The maximum atomic E-state index is 8.44. The zero-order valence-corrected chi connectivity index (χ0v) is 5.55. The predicted octanol–water partition coefficient (Wildman–Crippen LogP) is 0.929. The third kappa shape index (κ3) is 0.900. The number of halogens is 1. The first-order valence-corrected chi connectivity index (χ1v) is 2.82. The largest absolute Gasteiger partial charge is 0.445 e. The van der Waals surface area contributed by atoms with Gasteiger partial charge in [-0.1, -0.05) is 0 Å². The lowest BCUT2D eigenvalue weighted by Crippen LogP contribution is -1.77. The van der Waals surface area contributed by atoms with Gasteiger partial charge in [-0.3, -0.25) is 0 Å². The lowest BCUT2D eigenvalue weighted by Gasteiger charge is -1.82. The topological polar surface area (TPSA) is 46.3 Å². The van der Waals surface area contributed by atoms with Gasteiger partial charge in [0.1, 0.15) is 11.2 Å². The second-order valence-electron chi connectivity index (χ2n) is 1.22. The Morgan fingerprint density at radius 1 is 1.88 bits per heavy atom. The van der Waals surface area contributed by atoms with Crippen LogP contribution in [0.4, 0.5) is 0 Å². The summed E-state index contributed by atoms with van der Waals surface area (Å²) in [5.41, 5.74) is 0. The minimum absolute atomic E-state index is 0.111. The van der Waals surface area contributed by atoms with Crippen LogP contribution in [0.5, 0.6) is 0 Å². The Kier molecular flexibility index (Phi) is 1.65. The molecule has 0 aliphatic rings. The van der Waals surface area contributed by atoms with E-state index in [1.54, 1.807) is 0 Å². The summed E-state index contributed by atoms with van der Waals surface area (Å²) in [5.74, 6) is 0.463. The molecule has 0 spiro atoms. The Hall–Kier alpha value is -0.350. The summed E-state index contributed by atoms with van der Waals surface area (Å²) in [7, 11) is 0. The highest BCUT2D eigenvalue weighted by Gasteiger charge is 1.99. The van der Waals surface area contributed by atoms with E-state index >= 15 is 0 Å². The van der Waals surface area contributed by atoms with E-state index in [-0.39, 0.29) is 6.61 Å². The van der Waals surface area contributed by atoms with Crippen LogP contribution in [0.2, 0.25) is 0 Å². The van der Waals surface area contributed by atoms with Crippen molar-refractivity contribution < 1.29 is 9.52 Å². The first-order chi connectivity index (χ1) is 3.84. The summed E-state index contributed by atoms with van der Waals surface area (Å²) in [5, 5.41) is 8.44. The van der Waals surface area contributed by atoms with Crippen molar-refractivity contribution in [1.29, 1.82) is 0 Å². The third-order valence-corrected chi connectivity index (χ3v) is 1.38. The molecule has 0 atom stereocenters. The first kappa shape index (κ1) is 5.78. The Bertz CT molecular complexity index is 174. The lowest BCUT2D eigenvalue weighted by molar-refractivity contribution is 0.246. The van der Waals surface area contributed by atoms with Gasteiger partial charge in [-0.15, -0.1) is 0 Å². The predicted molar refractivity (Wildman–Crippen MR) is 30.1 cm³/mol. The van der Waals surface area contributed by atoms with Gasteiger partial charge >= 0.3 is 0 Å². The number of nitrogens with zero attached hydrogens (tertiary/aromatic N) is 1. The van der Waals surface area contributed by atoms with Crippen LogP contribution in [0.25, 0.3) is 0 Å². The number of hydrogen-bond donors (Lipinski definition) is 1. The van der Waals surface area contributed by atoms with Crippen LogP contribution >= 0.6 is 15.9 Å². The fraction of sp³-hybridized carbons (Fsp3) is 0.250. The number of oxazole rings is 1. The van der Waals surface area contributed by atoms with Crippen LogP contribution in [0.3, 0.4) is 0 Å². The van der Waals surface area contributed by atoms with Gasteiger partial charge in [0.2, 0.25) is 0 Å². The molecule has 3 nitrogen and oxygen atoms in total. The number of aliphatic hydroxyl groups excluding tert-OH is 1. The molecule has 8 heavy (non-hydrogen) atoms. The Morgan fingerprint density at radius 2 is 2.62 bits per heavy atom. The molecule has 0 fully saturated rings. The summed E-state index contributed by atoms with van der Waals surface area (Å²) >= 11 is 3.06. The molecule has 1 aromatic rings. The van der Waals surface area contributed by atoms with E-state index in [4.69, 9.17) is 9.52 Å². The zero-order chi connectivity index (χ0) is 5.98. The molecular formula is C4H4BrNO2. The van der Waals surface area contributed by atoms with Crippen molar-refractivity contribution in [3.05, 3.63) is 16.8 Å². The second-order valence-corrected chi connectivity index (χ2v) is 1.98. The molecule has 0 saturated heterocycles. The SMILES string of the molecule is OCc1ocnc1Br. The molecule has 1 rings (SSSR count). The fourth-order valence-corrected chi connectivity index (χ4v) is 0.662. The molecule has 0 aromatic carbocycles. The maximum Gasteiger partial charge on any atom is 0.182 e. The van der Waals surface area contributed by atoms with Gasteiger partial charge in [0, 0.05) is 0 Å². The highest BCUT2D eigenvalue weighted by molar-refractivity contribution is 9.10. The molecule has 0 bridgehead atoms. The van der Waals surface area contributed by atoms with E-state index < -0.39 is 0 Å². The second kappa shape index (κ2) is 2.28. The molecular weight excluding hydrogens is 174 g/mol. The molecule has 4 heteroatoms. The van der Waals surface area contributed by atoms with Crippen molar-refractivity contribution in [3.8, 4) is 0 Å². The molecule has 1 N–H and O–H groups in total. The Morgan fingerprint density at radius 3 is 2.88 bits per heavy atom. The summed E-state index contributed by atoms with van der Waals surface area (Å²) in [6.45, 7) is -0.111. The van der Waals surface area contributed by atoms with Gasteiger partial charge in [0.15, 0.2) is 12.2 Å². The van der Waals surface area contributed by atoms with Gasteiger partial charge in [-0.2, -0.15) is 0 Å². The minimum Gasteiger partial charge on any atom is -0.445 e. The summed E-state index contributed by atoms with van der Waals surface area (Å²) in [6.07, 6.45) is 1.27. The molecule has 0 unspecified atom stereocenters. The van der Waals surface area contributed by atoms with Gasteiger partial charge in [0.25, 0.3) is 0 Å². The van der Waals surface area contributed by atoms with Crippen LogP contribution in [0, 0.1) is 0 Å². The summed E-state index contributed by atoms with van der Waals surface area (Å²) < 4.78 is 5.27. The molecule has 0 amide bonds. The average Bonchev–Trinajstić information content (AvgIpc) is 2.14.